The first-order valence-corrected chi connectivity index (χ1v) is 7.01. The van der Waals surface area contributed by atoms with Crippen molar-refractivity contribution in [3.8, 4) is 17.2 Å². The standard InChI is InChI=1S/C15H24N2O3/c1-18-13-8-10(9-14(19-2)15(13)20-3)17-12-7-5-4-6-11(12)16/h8-9,11-12,17H,4-7,16H2,1-3H3/t11-,12-/m0/s1. The molecule has 1 aliphatic rings. The Morgan fingerprint density at radius 1 is 1.00 bits per heavy atom. The number of methoxy groups -OCH3 is 3. The highest BCUT2D eigenvalue weighted by atomic mass is 16.5. The average molecular weight is 280 g/mol. The fourth-order valence-corrected chi connectivity index (χ4v) is 2.72. The van der Waals surface area contributed by atoms with Gasteiger partial charge in [-0.1, -0.05) is 12.8 Å². The maximum atomic E-state index is 6.17. The van der Waals surface area contributed by atoms with Crippen molar-refractivity contribution in [2.75, 3.05) is 26.6 Å². The summed E-state index contributed by atoms with van der Waals surface area (Å²) in [6, 6.07) is 4.33. The number of hydrogen-bond acceptors (Lipinski definition) is 5. The lowest BCUT2D eigenvalue weighted by atomic mass is 9.91. The molecule has 2 atom stereocenters. The molecule has 5 heteroatoms. The zero-order valence-corrected chi connectivity index (χ0v) is 12.4. The number of nitrogens with one attached hydrogen (secondary N) is 1. The highest BCUT2D eigenvalue weighted by molar-refractivity contribution is 5.62. The second kappa shape index (κ2) is 6.70. The number of anilines is 1. The van der Waals surface area contributed by atoms with E-state index in [1.165, 1.54) is 12.8 Å². The summed E-state index contributed by atoms with van der Waals surface area (Å²) >= 11 is 0. The van der Waals surface area contributed by atoms with Crippen LogP contribution in [0.5, 0.6) is 17.2 Å². The summed E-state index contributed by atoms with van der Waals surface area (Å²) in [5.74, 6) is 1.91. The lowest BCUT2D eigenvalue weighted by Crippen LogP contribution is -2.42. The van der Waals surface area contributed by atoms with E-state index in [4.69, 9.17) is 19.9 Å². The Balaban J connectivity index is 2.23. The third-order valence-corrected chi connectivity index (χ3v) is 3.84. The smallest absolute Gasteiger partial charge is 0.203 e. The Morgan fingerprint density at radius 2 is 1.60 bits per heavy atom. The molecule has 2 rings (SSSR count). The molecule has 0 radical (unpaired) electrons. The van der Waals surface area contributed by atoms with E-state index in [1.807, 2.05) is 12.1 Å². The first-order valence-electron chi connectivity index (χ1n) is 7.01. The van der Waals surface area contributed by atoms with E-state index in [1.54, 1.807) is 21.3 Å². The van der Waals surface area contributed by atoms with Crippen LogP contribution >= 0.6 is 0 Å². The van der Waals surface area contributed by atoms with E-state index in [2.05, 4.69) is 5.32 Å². The van der Waals surface area contributed by atoms with Crippen LogP contribution in [0.3, 0.4) is 0 Å². The summed E-state index contributed by atoms with van der Waals surface area (Å²) in [4.78, 5) is 0. The zero-order chi connectivity index (χ0) is 14.5. The Bertz CT molecular complexity index is 426. The molecule has 0 unspecified atom stereocenters. The van der Waals surface area contributed by atoms with E-state index < -0.39 is 0 Å². The average Bonchev–Trinajstić information content (AvgIpc) is 2.48. The van der Waals surface area contributed by atoms with Crippen LogP contribution in [0.25, 0.3) is 0 Å². The molecule has 0 saturated heterocycles. The Labute approximate surface area is 120 Å². The van der Waals surface area contributed by atoms with Gasteiger partial charge in [0.2, 0.25) is 5.75 Å². The zero-order valence-electron chi connectivity index (χ0n) is 12.4. The molecule has 0 heterocycles. The SMILES string of the molecule is COc1cc(N[C@H]2CCCC[C@@H]2N)cc(OC)c1OC. The van der Waals surface area contributed by atoms with Crippen LogP contribution in [-0.2, 0) is 0 Å². The minimum absolute atomic E-state index is 0.197. The summed E-state index contributed by atoms with van der Waals surface area (Å²) in [6.07, 6.45) is 4.60. The minimum atomic E-state index is 0.197. The third-order valence-electron chi connectivity index (χ3n) is 3.84. The summed E-state index contributed by atoms with van der Waals surface area (Å²) in [6.45, 7) is 0. The summed E-state index contributed by atoms with van der Waals surface area (Å²) in [5.41, 5.74) is 7.12. The quantitative estimate of drug-likeness (QED) is 0.867. The largest absolute Gasteiger partial charge is 0.493 e. The maximum Gasteiger partial charge on any atom is 0.203 e. The van der Waals surface area contributed by atoms with Crippen molar-refractivity contribution in [2.24, 2.45) is 5.73 Å². The lowest BCUT2D eigenvalue weighted by Gasteiger charge is -2.30. The monoisotopic (exact) mass is 280 g/mol. The van der Waals surface area contributed by atoms with Crippen molar-refractivity contribution in [3.63, 3.8) is 0 Å². The van der Waals surface area contributed by atoms with Gasteiger partial charge in [0.15, 0.2) is 11.5 Å². The predicted octanol–water partition coefficient (Wildman–Crippen LogP) is 2.39. The van der Waals surface area contributed by atoms with Crippen molar-refractivity contribution in [1.29, 1.82) is 0 Å². The second-order valence-corrected chi connectivity index (χ2v) is 5.11. The molecule has 1 aliphatic carbocycles. The first kappa shape index (κ1) is 14.8. The van der Waals surface area contributed by atoms with Gasteiger partial charge in [-0.05, 0) is 12.8 Å². The van der Waals surface area contributed by atoms with Crippen LogP contribution < -0.4 is 25.3 Å². The van der Waals surface area contributed by atoms with Gasteiger partial charge in [0.05, 0.1) is 21.3 Å². The predicted molar refractivity (Wildman–Crippen MR) is 80.0 cm³/mol. The number of hydrogen-bond donors (Lipinski definition) is 2. The highest BCUT2D eigenvalue weighted by Gasteiger charge is 2.22. The van der Waals surface area contributed by atoms with E-state index in [0.29, 0.717) is 23.3 Å². The molecule has 20 heavy (non-hydrogen) atoms. The highest BCUT2D eigenvalue weighted by Crippen LogP contribution is 2.40. The fourth-order valence-electron chi connectivity index (χ4n) is 2.72. The van der Waals surface area contributed by atoms with Crippen LogP contribution in [0.4, 0.5) is 5.69 Å². The molecule has 0 spiro atoms. The minimum Gasteiger partial charge on any atom is -0.493 e. The van der Waals surface area contributed by atoms with Gasteiger partial charge in [-0.25, -0.2) is 0 Å². The van der Waals surface area contributed by atoms with Gasteiger partial charge >= 0.3 is 0 Å². The van der Waals surface area contributed by atoms with Crippen LogP contribution in [0.2, 0.25) is 0 Å². The van der Waals surface area contributed by atoms with Crippen molar-refractivity contribution < 1.29 is 14.2 Å². The van der Waals surface area contributed by atoms with Gasteiger partial charge in [-0.3, -0.25) is 0 Å². The molecule has 112 valence electrons. The molecule has 1 saturated carbocycles. The van der Waals surface area contributed by atoms with Gasteiger partial charge in [0.1, 0.15) is 0 Å². The Kier molecular flexibility index (Phi) is 4.95. The van der Waals surface area contributed by atoms with Crippen molar-refractivity contribution in [1.82, 2.24) is 0 Å². The lowest BCUT2D eigenvalue weighted by molar-refractivity contribution is 0.324. The molecule has 0 amide bonds. The van der Waals surface area contributed by atoms with E-state index in [-0.39, 0.29) is 6.04 Å². The molecule has 1 fully saturated rings. The number of rotatable bonds is 5. The first-order chi connectivity index (χ1) is 9.69. The second-order valence-electron chi connectivity index (χ2n) is 5.11. The molecular formula is C15H24N2O3. The molecular weight excluding hydrogens is 256 g/mol. The number of ether oxygens (including phenoxy) is 3. The van der Waals surface area contributed by atoms with Crippen LogP contribution in [0.15, 0.2) is 12.1 Å². The van der Waals surface area contributed by atoms with Crippen molar-refractivity contribution >= 4 is 5.69 Å². The molecule has 1 aromatic carbocycles. The fraction of sp³-hybridized carbons (Fsp3) is 0.600. The number of nitrogens with two attached hydrogens (primary N) is 1. The van der Waals surface area contributed by atoms with Gasteiger partial charge in [0.25, 0.3) is 0 Å². The van der Waals surface area contributed by atoms with Crippen LogP contribution in [-0.4, -0.2) is 33.4 Å². The van der Waals surface area contributed by atoms with E-state index in [9.17, 15) is 0 Å². The van der Waals surface area contributed by atoms with Gasteiger partial charge in [-0.15, -0.1) is 0 Å². The van der Waals surface area contributed by atoms with Crippen molar-refractivity contribution in [2.45, 2.75) is 37.8 Å². The maximum absolute atomic E-state index is 6.17. The molecule has 5 nitrogen and oxygen atoms in total. The third kappa shape index (κ3) is 3.10. The molecule has 0 aliphatic heterocycles. The Morgan fingerprint density at radius 3 is 2.10 bits per heavy atom. The van der Waals surface area contributed by atoms with Crippen LogP contribution in [0.1, 0.15) is 25.7 Å². The van der Waals surface area contributed by atoms with Gasteiger partial charge < -0.3 is 25.3 Å². The summed E-state index contributed by atoms with van der Waals surface area (Å²) in [7, 11) is 4.84. The van der Waals surface area contributed by atoms with E-state index >= 15 is 0 Å². The van der Waals surface area contributed by atoms with Gasteiger partial charge in [0, 0.05) is 29.9 Å². The topological polar surface area (TPSA) is 65.7 Å². The Hall–Kier alpha value is -1.62. The van der Waals surface area contributed by atoms with E-state index in [0.717, 1.165) is 18.5 Å². The number of benzene rings is 1. The summed E-state index contributed by atoms with van der Waals surface area (Å²) < 4.78 is 16.0. The van der Waals surface area contributed by atoms with Crippen molar-refractivity contribution in [3.05, 3.63) is 12.1 Å². The normalized spacial score (nSPS) is 22.2. The molecule has 1 aromatic rings. The molecule has 0 aromatic heterocycles. The van der Waals surface area contributed by atoms with Crippen LogP contribution in [0, 0.1) is 0 Å². The molecule has 0 bridgehead atoms. The van der Waals surface area contributed by atoms with Gasteiger partial charge in [-0.2, -0.15) is 0 Å². The summed E-state index contributed by atoms with van der Waals surface area (Å²) in [5, 5.41) is 3.49. The molecule has 3 N–H and O–H groups in total.